The summed E-state index contributed by atoms with van der Waals surface area (Å²) in [6.45, 7) is 0.390. The molecular weight excluding hydrogens is 442 g/mol. The molecule has 0 amide bonds. The Bertz CT molecular complexity index is 1080. The van der Waals surface area contributed by atoms with Gasteiger partial charge in [-0.05, 0) is 23.3 Å². The number of piperidine rings is 1. The fourth-order valence-electron chi connectivity index (χ4n) is 3.18. The molecular formula is C18H18ClF4N7O. The molecule has 0 radical (unpaired) electrons. The molecule has 0 bridgehead atoms. The monoisotopic (exact) mass is 459 g/mol. The summed E-state index contributed by atoms with van der Waals surface area (Å²) in [6, 6.07) is 0.686. The lowest BCUT2D eigenvalue weighted by molar-refractivity contribution is -0.149. The number of aliphatic imine (C=N–C) groups is 1. The Morgan fingerprint density at radius 3 is 2.74 bits per heavy atom. The Morgan fingerprint density at radius 1 is 1.32 bits per heavy atom. The number of aromatic amines is 1. The summed E-state index contributed by atoms with van der Waals surface area (Å²) in [7, 11) is 0. The first kappa shape index (κ1) is 22.7. The molecule has 3 rings (SSSR count). The van der Waals surface area contributed by atoms with Crippen LogP contribution in [0.5, 0.6) is 0 Å². The van der Waals surface area contributed by atoms with Gasteiger partial charge in [-0.3, -0.25) is 9.79 Å². The highest BCUT2D eigenvalue weighted by atomic mass is 35.5. The molecule has 2 aromatic rings. The van der Waals surface area contributed by atoms with Crippen LogP contribution in [0.3, 0.4) is 0 Å². The molecule has 1 saturated heterocycles. The predicted molar refractivity (Wildman–Crippen MR) is 109 cm³/mol. The third-order valence-electron chi connectivity index (χ3n) is 4.80. The molecule has 5 N–H and O–H groups in total. The molecule has 0 unspecified atom stereocenters. The number of aromatic nitrogens is 2. The number of hydrogen-bond acceptors (Lipinski definition) is 7. The number of hydrazone groups is 1. The van der Waals surface area contributed by atoms with Crippen LogP contribution in [0.1, 0.15) is 23.6 Å². The average molecular weight is 460 g/mol. The van der Waals surface area contributed by atoms with E-state index in [1.807, 2.05) is 0 Å². The molecule has 1 fully saturated rings. The number of hydrogen-bond donors (Lipinski definition) is 3. The smallest absolute Gasteiger partial charge is 0.362 e. The standard InChI is InChI=1S/C18H18ClF4N7O/c19-15-14(7-27-29-17(15)31)30-4-3-12(13(8-30)28-25)26-6-9-1-2-10(20)5-11(9)16(24)18(21,22)23/h1-2,5,7,16H,3-4,6,8,24-25H2,(H,29,31)/t16-/m1/s1. The Hall–Kier alpha value is -2.99. The van der Waals surface area contributed by atoms with Gasteiger partial charge >= 0.3 is 6.18 Å². The van der Waals surface area contributed by atoms with Crippen LogP contribution in [0.15, 0.2) is 39.3 Å². The van der Waals surface area contributed by atoms with Gasteiger partial charge in [0, 0.05) is 13.0 Å². The van der Waals surface area contributed by atoms with Crippen LogP contribution in [-0.2, 0) is 6.54 Å². The molecule has 1 aromatic carbocycles. The fraction of sp³-hybridized carbons (Fsp3) is 0.333. The minimum atomic E-state index is -4.73. The van der Waals surface area contributed by atoms with E-state index in [2.05, 4.69) is 20.3 Å². The zero-order valence-corrected chi connectivity index (χ0v) is 16.7. The highest BCUT2D eigenvalue weighted by molar-refractivity contribution is 6.44. The first-order valence-corrected chi connectivity index (χ1v) is 9.38. The van der Waals surface area contributed by atoms with E-state index in [4.69, 9.17) is 23.2 Å². The van der Waals surface area contributed by atoms with Gasteiger partial charge in [0.15, 0.2) is 0 Å². The first-order valence-electron chi connectivity index (χ1n) is 9.01. The average Bonchev–Trinajstić information content (AvgIpc) is 2.73. The van der Waals surface area contributed by atoms with Crippen molar-refractivity contribution in [2.24, 2.45) is 21.7 Å². The quantitative estimate of drug-likeness (QED) is 0.367. The second-order valence-corrected chi connectivity index (χ2v) is 7.15. The van der Waals surface area contributed by atoms with E-state index in [1.165, 1.54) is 12.3 Å². The Balaban J connectivity index is 1.83. The van der Waals surface area contributed by atoms with Gasteiger partial charge in [-0.2, -0.15) is 23.4 Å². The van der Waals surface area contributed by atoms with Gasteiger partial charge in [0.1, 0.15) is 22.6 Å². The summed E-state index contributed by atoms with van der Waals surface area (Å²) in [5.41, 5.74) is 5.71. The number of nitrogens with one attached hydrogen (secondary N) is 1. The molecule has 1 aromatic heterocycles. The number of nitrogens with zero attached hydrogens (tertiary/aromatic N) is 4. The Morgan fingerprint density at radius 2 is 2.06 bits per heavy atom. The van der Waals surface area contributed by atoms with Crippen molar-refractivity contribution in [1.82, 2.24) is 10.2 Å². The zero-order chi connectivity index (χ0) is 22.8. The van der Waals surface area contributed by atoms with Crippen molar-refractivity contribution < 1.29 is 17.6 Å². The van der Waals surface area contributed by atoms with Crippen LogP contribution in [0.2, 0.25) is 5.02 Å². The maximum atomic E-state index is 13.5. The first-order chi connectivity index (χ1) is 14.6. The number of alkyl halides is 3. The molecule has 0 aliphatic carbocycles. The van der Waals surface area contributed by atoms with Gasteiger partial charge in [-0.25, -0.2) is 9.49 Å². The SMILES string of the molecule is NN=C1CN(c2cn[nH]c(=O)c2Cl)CCC1=NCc1ccc(F)cc1[C@@H](N)C(F)(F)F. The fourth-order valence-corrected chi connectivity index (χ4v) is 3.39. The maximum absolute atomic E-state index is 13.5. The summed E-state index contributed by atoms with van der Waals surface area (Å²) in [6.07, 6.45) is -3.00. The molecule has 0 saturated carbocycles. The van der Waals surface area contributed by atoms with Crippen molar-refractivity contribution in [3.05, 3.63) is 56.7 Å². The Kier molecular flexibility index (Phi) is 6.60. The summed E-state index contributed by atoms with van der Waals surface area (Å²) >= 11 is 6.03. The van der Waals surface area contributed by atoms with Gasteiger partial charge in [-0.15, -0.1) is 0 Å². The van der Waals surface area contributed by atoms with E-state index >= 15 is 0 Å². The topological polar surface area (TPSA) is 126 Å². The highest BCUT2D eigenvalue weighted by Gasteiger charge is 2.39. The van der Waals surface area contributed by atoms with Crippen molar-refractivity contribution in [2.45, 2.75) is 25.2 Å². The largest absolute Gasteiger partial charge is 0.407 e. The number of anilines is 1. The van der Waals surface area contributed by atoms with E-state index in [-0.39, 0.29) is 29.2 Å². The Labute approximate surface area is 178 Å². The van der Waals surface area contributed by atoms with Gasteiger partial charge in [-0.1, -0.05) is 17.7 Å². The second kappa shape index (κ2) is 9.02. The van der Waals surface area contributed by atoms with Crippen LogP contribution in [0.25, 0.3) is 0 Å². The minimum Gasteiger partial charge on any atom is -0.362 e. The number of benzene rings is 1. The van der Waals surface area contributed by atoms with E-state index < -0.39 is 23.6 Å². The summed E-state index contributed by atoms with van der Waals surface area (Å²) < 4.78 is 52.7. The maximum Gasteiger partial charge on any atom is 0.407 e. The molecule has 8 nitrogen and oxygen atoms in total. The lowest BCUT2D eigenvalue weighted by Gasteiger charge is -2.30. The third-order valence-corrected chi connectivity index (χ3v) is 5.17. The summed E-state index contributed by atoms with van der Waals surface area (Å²) in [5, 5.41) is 9.61. The number of halogens is 5. The van der Waals surface area contributed by atoms with Crippen LogP contribution in [0, 0.1) is 5.82 Å². The van der Waals surface area contributed by atoms with Gasteiger partial charge in [0.05, 0.1) is 30.7 Å². The zero-order valence-electron chi connectivity index (χ0n) is 16.0. The molecule has 31 heavy (non-hydrogen) atoms. The van der Waals surface area contributed by atoms with Crippen LogP contribution in [-0.4, -0.2) is 40.9 Å². The van der Waals surface area contributed by atoms with Crippen molar-refractivity contribution in [2.75, 3.05) is 18.0 Å². The number of H-pyrrole nitrogens is 1. The molecule has 0 spiro atoms. The van der Waals surface area contributed by atoms with Crippen molar-refractivity contribution in [1.29, 1.82) is 0 Å². The van der Waals surface area contributed by atoms with Gasteiger partial charge < -0.3 is 16.5 Å². The van der Waals surface area contributed by atoms with E-state index in [0.717, 1.165) is 12.1 Å². The summed E-state index contributed by atoms with van der Waals surface area (Å²) in [4.78, 5) is 17.7. The van der Waals surface area contributed by atoms with E-state index in [9.17, 15) is 22.4 Å². The summed E-state index contributed by atoms with van der Waals surface area (Å²) in [5.74, 6) is 4.64. The van der Waals surface area contributed by atoms with Crippen molar-refractivity contribution in [3.63, 3.8) is 0 Å². The number of rotatable bonds is 4. The van der Waals surface area contributed by atoms with E-state index in [0.29, 0.717) is 30.1 Å². The predicted octanol–water partition coefficient (Wildman–Crippen LogP) is 2.29. The normalized spacial score (nSPS) is 18.6. The molecule has 166 valence electrons. The van der Waals surface area contributed by atoms with Gasteiger partial charge in [0.25, 0.3) is 5.56 Å². The number of nitrogens with two attached hydrogens (primary N) is 2. The molecule has 13 heteroatoms. The third kappa shape index (κ3) is 5.02. The van der Waals surface area contributed by atoms with Gasteiger partial charge in [0.2, 0.25) is 0 Å². The lowest BCUT2D eigenvalue weighted by atomic mass is 9.99. The molecule has 2 heterocycles. The second-order valence-electron chi connectivity index (χ2n) is 6.77. The van der Waals surface area contributed by atoms with Crippen molar-refractivity contribution in [3.8, 4) is 0 Å². The van der Waals surface area contributed by atoms with Crippen LogP contribution < -0.4 is 22.0 Å². The molecule has 1 aliphatic heterocycles. The minimum absolute atomic E-state index is 0.0381. The van der Waals surface area contributed by atoms with Crippen LogP contribution in [0.4, 0.5) is 23.2 Å². The lowest BCUT2D eigenvalue weighted by Crippen LogP contribution is -2.42. The van der Waals surface area contributed by atoms with Crippen molar-refractivity contribution >= 4 is 28.7 Å². The highest BCUT2D eigenvalue weighted by Crippen LogP contribution is 2.33. The molecule has 1 aliphatic rings. The van der Waals surface area contributed by atoms with Crippen LogP contribution >= 0.6 is 11.6 Å². The van der Waals surface area contributed by atoms with E-state index in [1.54, 1.807) is 4.90 Å². The molecule has 1 atom stereocenters.